The van der Waals surface area contributed by atoms with Crippen molar-refractivity contribution in [2.75, 3.05) is 34.5 Å². The van der Waals surface area contributed by atoms with Gasteiger partial charge in [-0.1, -0.05) is 12.1 Å². The highest BCUT2D eigenvalue weighted by Crippen LogP contribution is 2.36. The first-order valence-electron chi connectivity index (χ1n) is 7.45. The van der Waals surface area contributed by atoms with E-state index in [2.05, 4.69) is 5.32 Å². The number of amides is 1. The van der Waals surface area contributed by atoms with E-state index < -0.39 is 0 Å². The van der Waals surface area contributed by atoms with Gasteiger partial charge in [-0.2, -0.15) is 0 Å². The molecule has 0 aliphatic carbocycles. The number of carbonyl (C=O) groups is 1. The van der Waals surface area contributed by atoms with Gasteiger partial charge in [-0.05, 0) is 30.3 Å². The normalized spacial score (nSPS) is 9.96. The van der Waals surface area contributed by atoms with E-state index in [4.69, 9.17) is 18.9 Å². The van der Waals surface area contributed by atoms with E-state index in [9.17, 15) is 4.79 Å². The van der Waals surface area contributed by atoms with Crippen LogP contribution in [-0.2, 0) is 0 Å². The van der Waals surface area contributed by atoms with Gasteiger partial charge in [0.2, 0.25) is 5.75 Å². The van der Waals surface area contributed by atoms with E-state index in [0.717, 1.165) is 0 Å². The lowest BCUT2D eigenvalue weighted by molar-refractivity contribution is 0.0946. The van der Waals surface area contributed by atoms with Crippen molar-refractivity contribution >= 4 is 5.91 Å². The standard InChI is InChI=1S/C18H21NO5/c1-21-14-7-4-6-13(12-14)18(20)19-10-11-24-16-9-5-8-15(22-2)17(16)23-3/h4-9,12H,10-11H2,1-3H3,(H,19,20). The lowest BCUT2D eigenvalue weighted by atomic mass is 10.2. The fraction of sp³-hybridized carbons (Fsp3) is 0.278. The molecule has 6 nitrogen and oxygen atoms in total. The van der Waals surface area contributed by atoms with Gasteiger partial charge in [0.25, 0.3) is 5.91 Å². The number of methoxy groups -OCH3 is 3. The van der Waals surface area contributed by atoms with Crippen LogP contribution in [0.15, 0.2) is 42.5 Å². The summed E-state index contributed by atoms with van der Waals surface area (Å²) in [5.41, 5.74) is 0.535. The van der Waals surface area contributed by atoms with Crippen LogP contribution in [0.4, 0.5) is 0 Å². The second kappa shape index (κ2) is 8.67. The third-order valence-electron chi connectivity index (χ3n) is 3.34. The second-order valence-electron chi connectivity index (χ2n) is 4.83. The molecule has 0 aromatic heterocycles. The minimum absolute atomic E-state index is 0.185. The van der Waals surface area contributed by atoms with Crippen LogP contribution in [0.3, 0.4) is 0 Å². The lowest BCUT2D eigenvalue weighted by Crippen LogP contribution is -2.28. The number of hydrogen-bond acceptors (Lipinski definition) is 5. The molecule has 2 aromatic carbocycles. The third-order valence-corrected chi connectivity index (χ3v) is 3.34. The molecule has 0 unspecified atom stereocenters. The topological polar surface area (TPSA) is 66.0 Å². The zero-order valence-corrected chi connectivity index (χ0v) is 14.0. The van der Waals surface area contributed by atoms with Crippen molar-refractivity contribution in [3.63, 3.8) is 0 Å². The Morgan fingerprint density at radius 2 is 1.71 bits per heavy atom. The molecule has 0 aliphatic heterocycles. The minimum Gasteiger partial charge on any atom is -0.497 e. The Morgan fingerprint density at radius 1 is 0.958 bits per heavy atom. The lowest BCUT2D eigenvalue weighted by Gasteiger charge is -2.13. The van der Waals surface area contributed by atoms with Gasteiger partial charge in [-0.25, -0.2) is 0 Å². The maximum Gasteiger partial charge on any atom is 0.251 e. The summed E-state index contributed by atoms with van der Waals surface area (Å²) < 4.78 is 21.3. The van der Waals surface area contributed by atoms with Gasteiger partial charge in [0.1, 0.15) is 12.4 Å². The van der Waals surface area contributed by atoms with Crippen molar-refractivity contribution in [2.24, 2.45) is 0 Å². The second-order valence-corrected chi connectivity index (χ2v) is 4.83. The molecular weight excluding hydrogens is 310 g/mol. The summed E-state index contributed by atoms with van der Waals surface area (Å²) in [5.74, 6) is 2.14. The number of para-hydroxylation sites is 1. The molecule has 6 heteroatoms. The Balaban J connectivity index is 1.88. The number of ether oxygens (including phenoxy) is 4. The zero-order chi connectivity index (χ0) is 17.4. The molecule has 1 amide bonds. The van der Waals surface area contributed by atoms with E-state index in [1.54, 1.807) is 57.7 Å². The minimum atomic E-state index is -0.185. The van der Waals surface area contributed by atoms with Crippen LogP contribution in [-0.4, -0.2) is 40.4 Å². The maximum absolute atomic E-state index is 12.1. The summed E-state index contributed by atoms with van der Waals surface area (Å²) in [5, 5.41) is 2.80. The summed E-state index contributed by atoms with van der Waals surface area (Å²) in [7, 11) is 4.68. The van der Waals surface area contributed by atoms with Crippen LogP contribution in [0.1, 0.15) is 10.4 Å². The molecule has 24 heavy (non-hydrogen) atoms. The Morgan fingerprint density at radius 3 is 2.42 bits per heavy atom. The van der Waals surface area contributed by atoms with Crippen molar-refractivity contribution in [3.05, 3.63) is 48.0 Å². The number of benzene rings is 2. The van der Waals surface area contributed by atoms with E-state index in [1.807, 2.05) is 6.07 Å². The Bertz CT molecular complexity index is 687. The first-order valence-corrected chi connectivity index (χ1v) is 7.45. The Labute approximate surface area is 141 Å². The molecule has 0 aliphatic rings. The SMILES string of the molecule is COc1cccc(C(=O)NCCOc2cccc(OC)c2OC)c1. The molecule has 0 fully saturated rings. The first-order chi connectivity index (χ1) is 11.7. The van der Waals surface area contributed by atoms with Crippen LogP contribution < -0.4 is 24.3 Å². The summed E-state index contributed by atoms with van der Waals surface area (Å²) in [6, 6.07) is 12.3. The molecular formula is C18H21NO5. The predicted octanol–water partition coefficient (Wildman–Crippen LogP) is 2.52. The molecule has 128 valence electrons. The van der Waals surface area contributed by atoms with Crippen molar-refractivity contribution in [2.45, 2.75) is 0 Å². The first kappa shape index (κ1) is 17.5. The number of nitrogens with one attached hydrogen (secondary N) is 1. The Kier molecular flexibility index (Phi) is 6.31. The molecule has 0 saturated heterocycles. The van der Waals surface area contributed by atoms with Gasteiger partial charge in [0.05, 0.1) is 27.9 Å². The fourth-order valence-corrected chi connectivity index (χ4v) is 2.16. The van der Waals surface area contributed by atoms with E-state index >= 15 is 0 Å². The molecule has 0 heterocycles. The van der Waals surface area contributed by atoms with Crippen LogP contribution in [0.25, 0.3) is 0 Å². The number of hydrogen-bond donors (Lipinski definition) is 1. The van der Waals surface area contributed by atoms with Crippen molar-refractivity contribution in [1.82, 2.24) is 5.32 Å². The van der Waals surface area contributed by atoms with Gasteiger partial charge in [0, 0.05) is 5.56 Å². The quantitative estimate of drug-likeness (QED) is 0.753. The van der Waals surface area contributed by atoms with Crippen LogP contribution in [0.5, 0.6) is 23.0 Å². The van der Waals surface area contributed by atoms with E-state index in [-0.39, 0.29) is 5.91 Å². The predicted molar refractivity (Wildman–Crippen MR) is 90.4 cm³/mol. The maximum atomic E-state index is 12.1. The summed E-state index contributed by atoms with van der Waals surface area (Å²) in [6.45, 7) is 0.662. The highest BCUT2D eigenvalue weighted by Gasteiger charge is 2.11. The average molecular weight is 331 g/mol. The molecule has 2 rings (SSSR count). The van der Waals surface area contributed by atoms with Gasteiger partial charge < -0.3 is 24.3 Å². The van der Waals surface area contributed by atoms with Gasteiger partial charge in [-0.15, -0.1) is 0 Å². The van der Waals surface area contributed by atoms with E-state index in [0.29, 0.717) is 41.7 Å². The zero-order valence-electron chi connectivity index (χ0n) is 14.0. The van der Waals surface area contributed by atoms with Crippen molar-refractivity contribution in [3.8, 4) is 23.0 Å². The van der Waals surface area contributed by atoms with Gasteiger partial charge in [-0.3, -0.25) is 4.79 Å². The largest absolute Gasteiger partial charge is 0.497 e. The molecule has 0 radical (unpaired) electrons. The average Bonchev–Trinajstić information content (AvgIpc) is 2.64. The highest BCUT2D eigenvalue weighted by molar-refractivity contribution is 5.94. The molecule has 0 atom stereocenters. The summed E-state index contributed by atoms with van der Waals surface area (Å²) >= 11 is 0. The van der Waals surface area contributed by atoms with Crippen LogP contribution in [0, 0.1) is 0 Å². The summed E-state index contributed by atoms with van der Waals surface area (Å²) in [4.78, 5) is 12.1. The molecule has 1 N–H and O–H groups in total. The van der Waals surface area contributed by atoms with Crippen molar-refractivity contribution < 1.29 is 23.7 Å². The number of rotatable bonds is 8. The van der Waals surface area contributed by atoms with E-state index in [1.165, 1.54) is 0 Å². The van der Waals surface area contributed by atoms with Crippen LogP contribution in [0.2, 0.25) is 0 Å². The van der Waals surface area contributed by atoms with Gasteiger partial charge in [0.15, 0.2) is 11.5 Å². The number of carbonyl (C=O) groups excluding carboxylic acids is 1. The van der Waals surface area contributed by atoms with Gasteiger partial charge >= 0.3 is 0 Å². The molecule has 0 bridgehead atoms. The molecule has 0 spiro atoms. The third kappa shape index (κ3) is 4.32. The van der Waals surface area contributed by atoms with Crippen molar-refractivity contribution in [1.29, 1.82) is 0 Å². The fourth-order valence-electron chi connectivity index (χ4n) is 2.16. The Hall–Kier alpha value is -2.89. The van der Waals surface area contributed by atoms with Crippen LogP contribution >= 0.6 is 0 Å². The smallest absolute Gasteiger partial charge is 0.251 e. The molecule has 0 saturated carbocycles. The molecule has 2 aromatic rings. The monoisotopic (exact) mass is 331 g/mol. The summed E-state index contributed by atoms with van der Waals surface area (Å²) in [6.07, 6.45) is 0. The highest BCUT2D eigenvalue weighted by atomic mass is 16.5.